The first-order valence-corrected chi connectivity index (χ1v) is 36.8. The summed E-state index contributed by atoms with van der Waals surface area (Å²) in [7, 11) is 0. The minimum atomic E-state index is -0.662. The van der Waals surface area contributed by atoms with Crippen LogP contribution in [-0.4, -0.2) is 47.4 Å². The van der Waals surface area contributed by atoms with Gasteiger partial charge in [0, 0.05) is 12.8 Å². The fourth-order valence-electron chi connectivity index (χ4n) is 12.1. The Kier molecular flexibility index (Phi) is 68.4. The van der Waals surface area contributed by atoms with Gasteiger partial charge in [0.1, 0.15) is 0 Å². The van der Waals surface area contributed by atoms with Crippen LogP contribution in [0.25, 0.3) is 0 Å². The van der Waals surface area contributed by atoms with Crippen molar-refractivity contribution >= 4 is 11.9 Å². The quantitative estimate of drug-likeness (QED) is 0.0417. The maximum atomic E-state index is 12.6. The van der Waals surface area contributed by atoms with E-state index in [0.717, 1.165) is 38.5 Å². The molecule has 0 aromatic heterocycles. The molecule has 0 radical (unpaired) electrons. The summed E-state index contributed by atoms with van der Waals surface area (Å²) < 4.78 is 5.50. The number of aliphatic hydroxyl groups excluding tert-OH is 2. The maximum Gasteiger partial charge on any atom is 0.305 e. The van der Waals surface area contributed by atoms with Gasteiger partial charge in [0.15, 0.2) is 0 Å². The number of hydrogen-bond acceptors (Lipinski definition) is 5. The molecule has 0 aliphatic rings. The van der Waals surface area contributed by atoms with E-state index in [4.69, 9.17) is 4.74 Å². The van der Waals surface area contributed by atoms with Gasteiger partial charge in [-0.25, -0.2) is 0 Å². The van der Waals surface area contributed by atoms with E-state index in [1.165, 1.54) is 360 Å². The third-order valence-corrected chi connectivity index (χ3v) is 17.7. The fraction of sp³-hybridized carbons (Fsp3) is 0.973. The average molecular weight is 1120 g/mol. The number of carbonyl (C=O) groups is 2. The molecule has 0 bridgehead atoms. The number of aliphatic hydroxyl groups is 2. The zero-order valence-electron chi connectivity index (χ0n) is 54.2. The summed E-state index contributed by atoms with van der Waals surface area (Å²) in [6, 6.07) is -0.539. The van der Waals surface area contributed by atoms with Gasteiger partial charge in [-0.15, -0.1) is 0 Å². The SMILES string of the molecule is CCCCCCCCCCCCCCCCCCCCCCCC(O)C(CO)NC(=O)CCCCCCCCCCCCCCCCCCCCCCCCCCCCCOC(=O)CCCCCCCCCCCCCCCC. The van der Waals surface area contributed by atoms with Gasteiger partial charge in [-0.05, 0) is 25.7 Å². The second-order valence-corrected chi connectivity index (χ2v) is 25.6. The van der Waals surface area contributed by atoms with Crippen molar-refractivity contribution in [1.29, 1.82) is 0 Å². The third-order valence-electron chi connectivity index (χ3n) is 17.7. The highest BCUT2D eigenvalue weighted by Gasteiger charge is 2.20. The normalized spacial score (nSPS) is 12.4. The number of carbonyl (C=O) groups excluding carboxylic acids is 2. The van der Waals surface area contributed by atoms with Crippen LogP contribution in [0.1, 0.15) is 431 Å². The number of hydrogen-bond donors (Lipinski definition) is 3. The Bertz CT molecular complexity index is 1150. The summed E-state index contributed by atoms with van der Waals surface area (Å²) in [6.07, 6.45) is 84.5. The summed E-state index contributed by atoms with van der Waals surface area (Å²) in [6.45, 7) is 5.01. The highest BCUT2D eigenvalue weighted by molar-refractivity contribution is 5.76. The Morgan fingerprint density at radius 3 is 0.772 bits per heavy atom. The summed E-state index contributed by atoms with van der Waals surface area (Å²) in [5.41, 5.74) is 0. The lowest BCUT2D eigenvalue weighted by molar-refractivity contribution is -0.143. The molecule has 2 unspecified atom stereocenters. The lowest BCUT2D eigenvalue weighted by atomic mass is 10.0. The summed E-state index contributed by atoms with van der Waals surface area (Å²) >= 11 is 0. The minimum Gasteiger partial charge on any atom is -0.466 e. The van der Waals surface area contributed by atoms with Crippen LogP contribution in [0.4, 0.5) is 0 Å². The Morgan fingerprint density at radius 2 is 0.519 bits per heavy atom. The summed E-state index contributed by atoms with van der Waals surface area (Å²) in [4.78, 5) is 24.6. The van der Waals surface area contributed by atoms with Crippen molar-refractivity contribution in [3.63, 3.8) is 0 Å². The molecular formula is C73H145NO5. The third kappa shape index (κ3) is 65.9. The highest BCUT2D eigenvalue weighted by atomic mass is 16.5. The highest BCUT2D eigenvalue weighted by Crippen LogP contribution is 2.20. The molecule has 0 aromatic carbocycles. The molecule has 0 heterocycles. The van der Waals surface area contributed by atoms with Gasteiger partial charge in [-0.1, -0.05) is 393 Å². The molecule has 0 saturated carbocycles. The van der Waals surface area contributed by atoms with Gasteiger partial charge in [0.2, 0.25) is 5.91 Å². The lowest BCUT2D eigenvalue weighted by Gasteiger charge is -2.22. The Hall–Kier alpha value is -1.14. The minimum absolute atomic E-state index is 0.0218. The van der Waals surface area contributed by atoms with Crippen molar-refractivity contribution in [2.75, 3.05) is 13.2 Å². The van der Waals surface area contributed by atoms with Crippen LogP contribution in [0.5, 0.6) is 0 Å². The summed E-state index contributed by atoms with van der Waals surface area (Å²) in [5, 5.41) is 23.4. The second-order valence-electron chi connectivity index (χ2n) is 25.6. The standard InChI is InChI=1S/C73H145NO5/c1-3-5-7-9-11-13-15-17-19-20-21-29-32-35-38-41-45-49-53-57-61-65-71(76)70(69-75)74-72(77)66-62-58-54-50-46-42-39-36-33-30-27-25-23-22-24-26-28-31-34-37-40-44-48-52-56-60-64-68-79-73(78)67-63-59-55-51-47-43-18-16-14-12-10-8-6-4-2/h70-71,75-76H,3-69H2,1-2H3,(H,74,77). The molecular weight excluding hydrogens is 971 g/mol. The number of esters is 1. The number of nitrogens with one attached hydrogen (secondary N) is 1. The van der Waals surface area contributed by atoms with Crippen molar-refractivity contribution < 1.29 is 24.5 Å². The molecule has 0 aromatic rings. The van der Waals surface area contributed by atoms with Crippen LogP contribution in [0.3, 0.4) is 0 Å². The number of ether oxygens (including phenoxy) is 1. The van der Waals surface area contributed by atoms with Crippen LogP contribution >= 0.6 is 0 Å². The van der Waals surface area contributed by atoms with Gasteiger partial charge in [0.25, 0.3) is 0 Å². The van der Waals surface area contributed by atoms with Crippen LogP contribution in [0.15, 0.2) is 0 Å². The molecule has 472 valence electrons. The predicted octanol–water partition coefficient (Wildman–Crippen LogP) is 23.8. The first-order valence-electron chi connectivity index (χ1n) is 36.8. The van der Waals surface area contributed by atoms with Gasteiger partial charge in [-0.3, -0.25) is 9.59 Å². The molecule has 1 amide bonds. The zero-order valence-corrected chi connectivity index (χ0v) is 54.2. The van der Waals surface area contributed by atoms with Gasteiger partial charge in [0.05, 0.1) is 25.4 Å². The van der Waals surface area contributed by atoms with Crippen molar-refractivity contribution in [1.82, 2.24) is 5.32 Å². The smallest absolute Gasteiger partial charge is 0.305 e. The van der Waals surface area contributed by atoms with E-state index in [1.54, 1.807) is 0 Å². The second kappa shape index (κ2) is 69.4. The molecule has 3 N–H and O–H groups in total. The number of amides is 1. The van der Waals surface area contributed by atoms with Crippen LogP contribution in [0.2, 0.25) is 0 Å². The Morgan fingerprint density at radius 1 is 0.304 bits per heavy atom. The van der Waals surface area contributed by atoms with E-state index >= 15 is 0 Å². The molecule has 2 atom stereocenters. The first kappa shape index (κ1) is 77.9. The van der Waals surface area contributed by atoms with Crippen molar-refractivity contribution in [2.24, 2.45) is 0 Å². The van der Waals surface area contributed by atoms with E-state index in [-0.39, 0.29) is 18.5 Å². The fourth-order valence-corrected chi connectivity index (χ4v) is 12.1. The van der Waals surface area contributed by atoms with E-state index < -0.39 is 12.1 Å². The number of rotatable bonds is 70. The van der Waals surface area contributed by atoms with E-state index in [9.17, 15) is 19.8 Å². The molecule has 0 aliphatic carbocycles. The largest absolute Gasteiger partial charge is 0.466 e. The Labute approximate surface area is 496 Å². The molecule has 0 rings (SSSR count). The molecule has 0 fully saturated rings. The number of unbranched alkanes of at least 4 members (excludes halogenated alkanes) is 59. The van der Waals surface area contributed by atoms with Crippen LogP contribution in [-0.2, 0) is 14.3 Å². The van der Waals surface area contributed by atoms with Gasteiger partial charge in [-0.2, -0.15) is 0 Å². The zero-order chi connectivity index (χ0) is 57.1. The van der Waals surface area contributed by atoms with Crippen LogP contribution < -0.4 is 5.32 Å². The first-order chi connectivity index (χ1) is 39.0. The molecule has 6 heteroatoms. The molecule has 0 aliphatic heterocycles. The van der Waals surface area contributed by atoms with Gasteiger partial charge < -0.3 is 20.3 Å². The topological polar surface area (TPSA) is 95.9 Å². The van der Waals surface area contributed by atoms with Crippen molar-refractivity contribution in [3.05, 3.63) is 0 Å². The summed E-state index contributed by atoms with van der Waals surface area (Å²) in [5.74, 6) is -0.00473. The van der Waals surface area contributed by atoms with E-state index in [1.807, 2.05) is 0 Å². The van der Waals surface area contributed by atoms with Gasteiger partial charge >= 0.3 is 5.97 Å². The predicted molar refractivity (Wildman–Crippen MR) is 347 cm³/mol. The maximum absolute atomic E-state index is 12.6. The molecule has 0 spiro atoms. The monoisotopic (exact) mass is 1120 g/mol. The molecule has 79 heavy (non-hydrogen) atoms. The average Bonchev–Trinajstić information content (AvgIpc) is 3.45. The molecule has 0 saturated heterocycles. The van der Waals surface area contributed by atoms with Crippen molar-refractivity contribution in [3.8, 4) is 0 Å². The molecule has 6 nitrogen and oxygen atoms in total. The van der Waals surface area contributed by atoms with E-state index in [2.05, 4.69) is 19.2 Å². The van der Waals surface area contributed by atoms with E-state index in [0.29, 0.717) is 25.9 Å². The van der Waals surface area contributed by atoms with Crippen molar-refractivity contribution in [2.45, 2.75) is 443 Å². The Balaban J connectivity index is 3.34. The van der Waals surface area contributed by atoms with Crippen LogP contribution in [0, 0.1) is 0 Å². The lowest BCUT2D eigenvalue weighted by Crippen LogP contribution is -2.45.